The normalized spacial score (nSPS) is 15.0. The molecular formula is C17H18N2O3S. The van der Waals surface area contributed by atoms with Gasteiger partial charge in [0.1, 0.15) is 0 Å². The minimum atomic E-state index is -3.20. The van der Waals surface area contributed by atoms with Crippen molar-refractivity contribution in [2.45, 2.75) is 13.0 Å². The molecule has 0 saturated carbocycles. The van der Waals surface area contributed by atoms with E-state index in [0.29, 0.717) is 30.8 Å². The second-order valence-electron chi connectivity index (χ2n) is 5.65. The van der Waals surface area contributed by atoms with Crippen molar-refractivity contribution in [3.63, 3.8) is 0 Å². The highest BCUT2D eigenvalue weighted by Gasteiger charge is 2.23. The highest BCUT2D eigenvalue weighted by molar-refractivity contribution is 7.88. The van der Waals surface area contributed by atoms with Crippen molar-refractivity contribution in [2.24, 2.45) is 0 Å². The summed E-state index contributed by atoms with van der Waals surface area (Å²) in [6.07, 6.45) is 1.91. The number of nitrogens with one attached hydrogen (secondary N) is 1. The first kappa shape index (κ1) is 15.7. The molecule has 5 nitrogen and oxygen atoms in total. The third kappa shape index (κ3) is 3.60. The van der Waals surface area contributed by atoms with Crippen LogP contribution in [0.1, 0.15) is 21.5 Å². The van der Waals surface area contributed by atoms with E-state index in [-0.39, 0.29) is 5.91 Å². The van der Waals surface area contributed by atoms with Gasteiger partial charge in [-0.3, -0.25) is 4.79 Å². The lowest BCUT2D eigenvalue weighted by molar-refractivity contribution is 0.102. The summed E-state index contributed by atoms with van der Waals surface area (Å²) in [5, 5.41) is 2.86. The van der Waals surface area contributed by atoms with Crippen LogP contribution in [0.2, 0.25) is 0 Å². The molecule has 1 aliphatic heterocycles. The van der Waals surface area contributed by atoms with E-state index in [1.165, 1.54) is 10.6 Å². The van der Waals surface area contributed by atoms with Gasteiger partial charge in [-0.1, -0.05) is 24.3 Å². The molecule has 0 radical (unpaired) electrons. The molecule has 0 bridgehead atoms. The van der Waals surface area contributed by atoms with Gasteiger partial charge in [0.25, 0.3) is 5.91 Å². The van der Waals surface area contributed by atoms with Crippen molar-refractivity contribution in [3.8, 4) is 0 Å². The number of fused-ring (bicyclic) bond motifs is 1. The standard InChI is InChI=1S/C17H18N2O3S/c1-23(21,22)19-10-9-13-7-8-16(11-15(13)12-19)18-17(20)14-5-3-2-4-6-14/h2-8,11H,9-10,12H2,1H3,(H,18,20). The highest BCUT2D eigenvalue weighted by Crippen LogP contribution is 2.24. The van der Waals surface area contributed by atoms with E-state index in [0.717, 1.165) is 11.1 Å². The maximum absolute atomic E-state index is 12.2. The van der Waals surface area contributed by atoms with Crippen LogP contribution in [0.3, 0.4) is 0 Å². The van der Waals surface area contributed by atoms with Gasteiger partial charge in [-0.15, -0.1) is 0 Å². The molecule has 3 rings (SSSR count). The van der Waals surface area contributed by atoms with Crippen LogP contribution >= 0.6 is 0 Å². The van der Waals surface area contributed by atoms with Crippen LogP contribution in [0.4, 0.5) is 5.69 Å². The average molecular weight is 330 g/mol. The van der Waals surface area contributed by atoms with Crippen LogP contribution in [0, 0.1) is 0 Å². The van der Waals surface area contributed by atoms with Crippen molar-refractivity contribution in [1.82, 2.24) is 4.31 Å². The lowest BCUT2D eigenvalue weighted by atomic mass is 10.0. The number of hydrogen-bond acceptors (Lipinski definition) is 3. The Morgan fingerprint density at radius 1 is 1.09 bits per heavy atom. The fourth-order valence-electron chi connectivity index (χ4n) is 2.68. The van der Waals surface area contributed by atoms with Crippen molar-refractivity contribution in [3.05, 3.63) is 65.2 Å². The van der Waals surface area contributed by atoms with Crippen LogP contribution in [0.25, 0.3) is 0 Å². The van der Waals surface area contributed by atoms with Crippen LogP contribution in [0.15, 0.2) is 48.5 Å². The number of anilines is 1. The number of amides is 1. The van der Waals surface area contributed by atoms with Gasteiger partial charge in [0.05, 0.1) is 6.26 Å². The third-order valence-corrected chi connectivity index (χ3v) is 5.20. The van der Waals surface area contributed by atoms with Crippen molar-refractivity contribution in [2.75, 3.05) is 18.1 Å². The van der Waals surface area contributed by atoms with Gasteiger partial charge in [0.15, 0.2) is 0 Å². The second-order valence-corrected chi connectivity index (χ2v) is 7.63. The topological polar surface area (TPSA) is 66.5 Å². The Balaban J connectivity index is 1.80. The van der Waals surface area contributed by atoms with E-state index in [1.807, 2.05) is 36.4 Å². The first-order valence-corrected chi connectivity index (χ1v) is 9.21. The third-order valence-electron chi connectivity index (χ3n) is 3.95. The molecule has 23 heavy (non-hydrogen) atoms. The molecule has 0 atom stereocenters. The second kappa shape index (κ2) is 6.14. The van der Waals surface area contributed by atoms with Gasteiger partial charge >= 0.3 is 0 Å². The molecule has 1 amide bonds. The lowest BCUT2D eigenvalue weighted by Gasteiger charge is -2.27. The SMILES string of the molecule is CS(=O)(=O)N1CCc2ccc(NC(=O)c3ccccc3)cc2C1. The van der Waals surface area contributed by atoms with Gasteiger partial charge in [-0.05, 0) is 41.8 Å². The molecule has 0 aliphatic carbocycles. The molecule has 0 unspecified atom stereocenters. The summed E-state index contributed by atoms with van der Waals surface area (Å²) in [5.41, 5.74) is 3.33. The molecule has 120 valence electrons. The first-order chi connectivity index (χ1) is 10.9. The summed E-state index contributed by atoms with van der Waals surface area (Å²) < 4.78 is 24.9. The zero-order valence-electron chi connectivity index (χ0n) is 12.8. The maximum atomic E-state index is 12.2. The summed E-state index contributed by atoms with van der Waals surface area (Å²) in [5.74, 6) is -0.179. The molecule has 0 saturated heterocycles. The quantitative estimate of drug-likeness (QED) is 0.939. The molecule has 2 aromatic rings. The lowest BCUT2D eigenvalue weighted by Crippen LogP contribution is -2.35. The van der Waals surface area contributed by atoms with Crippen LogP contribution in [-0.4, -0.2) is 31.4 Å². The molecule has 0 spiro atoms. The largest absolute Gasteiger partial charge is 0.322 e. The number of nitrogens with zero attached hydrogens (tertiary/aromatic N) is 1. The minimum Gasteiger partial charge on any atom is -0.322 e. The van der Waals surface area contributed by atoms with Crippen molar-refractivity contribution >= 4 is 21.6 Å². The molecule has 1 heterocycles. The minimum absolute atomic E-state index is 0.179. The van der Waals surface area contributed by atoms with E-state index in [9.17, 15) is 13.2 Å². The molecule has 0 fully saturated rings. The smallest absolute Gasteiger partial charge is 0.255 e. The Kier molecular flexibility index (Phi) is 4.19. The molecule has 0 aromatic heterocycles. The molecule has 2 aromatic carbocycles. The monoisotopic (exact) mass is 330 g/mol. The Labute approximate surface area is 136 Å². The zero-order valence-corrected chi connectivity index (χ0v) is 13.6. The number of benzene rings is 2. The maximum Gasteiger partial charge on any atom is 0.255 e. The predicted octanol–water partition coefficient (Wildman–Crippen LogP) is 2.26. The summed E-state index contributed by atoms with van der Waals surface area (Å²) in [7, 11) is -3.20. The van der Waals surface area contributed by atoms with Crippen molar-refractivity contribution < 1.29 is 13.2 Å². The van der Waals surface area contributed by atoms with Gasteiger partial charge in [-0.25, -0.2) is 8.42 Å². The van der Waals surface area contributed by atoms with Crippen LogP contribution in [-0.2, 0) is 23.0 Å². The Hall–Kier alpha value is -2.18. The van der Waals surface area contributed by atoms with Gasteiger partial charge in [-0.2, -0.15) is 4.31 Å². The van der Waals surface area contributed by atoms with Crippen LogP contribution in [0.5, 0.6) is 0 Å². The molecular weight excluding hydrogens is 312 g/mol. The Morgan fingerprint density at radius 3 is 2.52 bits per heavy atom. The zero-order chi connectivity index (χ0) is 16.4. The van der Waals surface area contributed by atoms with E-state index in [4.69, 9.17) is 0 Å². The van der Waals surface area contributed by atoms with Gasteiger partial charge < -0.3 is 5.32 Å². The van der Waals surface area contributed by atoms with E-state index >= 15 is 0 Å². The Bertz CT molecular complexity index is 832. The molecule has 1 aliphatic rings. The summed E-state index contributed by atoms with van der Waals surface area (Å²) in [6.45, 7) is 0.852. The molecule has 1 N–H and O–H groups in total. The summed E-state index contributed by atoms with van der Waals surface area (Å²) in [4.78, 5) is 12.2. The number of rotatable bonds is 3. The number of carbonyl (C=O) groups excluding carboxylic acids is 1. The highest BCUT2D eigenvalue weighted by atomic mass is 32.2. The fraction of sp³-hybridized carbons (Fsp3) is 0.235. The summed E-state index contributed by atoms with van der Waals surface area (Å²) >= 11 is 0. The molecule has 6 heteroatoms. The summed E-state index contributed by atoms with van der Waals surface area (Å²) in [6, 6.07) is 14.6. The fourth-order valence-corrected chi connectivity index (χ4v) is 3.48. The van der Waals surface area contributed by atoms with E-state index < -0.39 is 10.0 Å². The van der Waals surface area contributed by atoms with Gasteiger partial charge in [0, 0.05) is 24.3 Å². The number of carbonyl (C=O) groups is 1. The van der Waals surface area contributed by atoms with E-state index in [1.54, 1.807) is 12.1 Å². The average Bonchev–Trinajstić information content (AvgIpc) is 2.54. The number of sulfonamides is 1. The first-order valence-electron chi connectivity index (χ1n) is 7.37. The van der Waals surface area contributed by atoms with Crippen molar-refractivity contribution in [1.29, 1.82) is 0 Å². The number of hydrogen-bond donors (Lipinski definition) is 1. The van der Waals surface area contributed by atoms with Crippen LogP contribution < -0.4 is 5.32 Å². The Morgan fingerprint density at radius 2 is 1.83 bits per heavy atom. The van der Waals surface area contributed by atoms with E-state index in [2.05, 4.69) is 5.32 Å². The predicted molar refractivity (Wildman–Crippen MR) is 89.8 cm³/mol. The van der Waals surface area contributed by atoms with Gasteiger partial charge in [0.2, 0.25) is 10.0 Å².